The Hall–Kier alpha value is -2.30. The van der Waals surface area contributed by atoms with Crippen molar-refractivity contribution in [2.24, 2.45) is 0 Å². The Bertz CT molecular complexity index is 704. The summed E-state index contributed by atoms with van der Waals surface area (Å²) in [7, 11) is 0. The zero-order chi connectivity index (χ0) is 14.2. The van der Waals surface area contributed by atoms with Crippen LogP contribution in [0.4, 0.5) is 5.69 Å². The van der Waals surface area contributed by atoms with E-state index in [1.807, 2.05) is 18.2 Å². The second kappa shape index (κ2) is 4.67. The lowest BCUT2D eigenvalue weighted by atomic mass is 9.96. The summed E-state index contributed by atoms with van der Waals surface area (Å²) in [4.78, 5) is 8.03. The molecule has 0 radical (unpaired) electrons. The van der Waals surface area contributed by atoms with E-state index in [1.54, 1.807) is 6.20 Å². The maximum absolute atomic E-state index is 4.64. The van der Waals surface area contributed by atoms with Gasteiger partial charge in [-0.1, -0.05) is 20.8 Å². The molecule has 0 fully saturated rings. The van der Waals surface area contributed by atoms with Gasteiger partial charge in [-0.15, -0.1) is 0 Å². The summed E-state index contributed by atoms with van der Waals surface area (Å²) in [5.41, 5.74) is 4.22. The van der Waals surface area contributed by atoms with Crippen LogP contribution >= 0.6 is 0 Å². The Morgan fingerprint density at radius 1 is 1.20 bits per heavy atom. The molecule has 3 rings (SSSR count). The molecule has 0 saturated heterocycles. The lowest BCUT2D eigenvalue weighted by Gasteiger charge is -2.13. The van der Waals surface area contributed by atoms with Gasteiger partial charge in [-0.3, -0.25) is 5.10 Å². The van der Waals surface area contributed by atoms with E-state index in [1.165, 1.54) is 0 Å². The molecule has 0 unspecified atom stereocenters. The summed E-state index contributed by atoms with van der Waals surface area (Å²) in [6.45, 7) is 7.19. The zero-order valence-corrected chi connectivity index (χ0v) is 12.0. The molecule has 0 spiro atoms. The van der Waals surface area contributed by atoms with E-state index in [-0.39, 0.29) is 5.41 Å². The van der Waals surface area contributed by atoms with Gasteiger partial charge in [0.15, 0.2) is 0 Å². The first-order valence-electron chi connectivity index (χ1n) is 6.75. The maximum Gasteiger partial charge on any atom is 0.112 e. The van der Waals surface area contributed by atoms with Crippen LogP contribution in [0.15, 0.2) is 30.5 Å². The minimum Gasteiger partial charge on any atom is -0.379 e. The van der Waals surface area contributed by atoms with Gasteiger partial charge >= 0.3 is 0 Å². The van der Waals surface area contributed by atoms with Gasteiger partial charge in [-0.25, -0.2) is 4.98 Å². The molecule has 0 aliphatic heterocycles. The Labute approximate surface area is 117 Å². The largest absolute Gasteiger partial charge is 0.379 e. The minimum atomic E-state index is 0.0303. The molecule has 0 amide bonds. The van der Waals surface area contributed by atoms with E-state index in [4.69, 9.17) is 0 Å². The van der Waals surface area contributed by atoms with Crippen molar-refractivity contribution < 1.29 is 0 Å². The molecule has 0 bridgehead atoms. The van der Waals surface area contributed by atoms with Gasteiger partial charge in [0, 0.05) is 17.3 Å². The number of H-pyrrole nitrogens is 2. The number of aromatic amines is 2. The third-order valence-corrected chi connectivity index (χ3v) is 3.23. The number of hydrogen-bond acceptors (Lipinski definition) is 3. The van der Waals surface area contributed by atoms with E-state index in [9.17, 15) is 0 Å². The van der Waals surface area contributed by atoms with E-state index >= 15 is 0 Å². The van der Waals surface area contributed by atoms with Crippen LogP contribution in [0.5, 0.6) is 0 Å². The Kier molecular flexibility index (Phi) is 2.97. The van der Waals surface area contributed by atoms with E-state index in [0.29, 0.717) is 0 Å². The van der Waals surface area contributed by atoms with Gasteiger partial charge in [0.25, 0.3) is 0 Å². The van der Waals surface area contributed by atoms with Gasteiger partial charge in [0.1, 0.15) is 5.82 Å². The Morgan fingerprint density at radius 3 is 2.75 bits per heavy atom. The highest BCUT2D eigenvalue weighted by Gasteiger charge is 2.18. The minimum absolute atomic E-state index is 0.0303. The standard InChI is InChI=1S/C15H19N5/c1-15(2,3)14-18-12-5-4-10(8-13(12)19-14)16-9-11-6-7-17-20-11/h4-8,16H,9H2,1-3H3,(H,17,20)(H,18,19). The molecule has 0 saturated carbocycles. The van der Waals surface area contributed by atoms with Crippen LogP contribution in [0, 0.1) is 0 Å². The SMILES string of the molecule is CC(C)(C)c1nc2ccc(NCc3ccn[nH]3)cc2[nH]1. The molecule has 3 N–H and O–H groups in total. The van der Waals surface area contributed by atoms with E-state index < -0.39 is 0 Å². The molecule has 0 atom stereocenters. The molecule has 2 heterocycles. The van der Waals surface area contributed by atoms with Crippen LogP contribution < -0.4 is 5.32 Å². The normalized spacial score (nSPS) is 11.9. The topological polar surface area (TPSA) is 69.4 Å². The summed E-state index contributed by atoms with van der Waals surface area (Å²) in [6.07, 6.45) is 1.75. The number of fused-ring (bicyclic) bond motifs is 1. The van der Waals surface area contributed by atoms with Crippen molar-refractivity contribution in [3.8, 4) is 0 Å². The fraction of sp³-hybridized carbons (Fsp3) is 0.333. The molecular formula is C15H19N5. The van der Waals surface area contributed by atoms with Crippen molar-refractivity contribution >= 4 is 16.7 Å². The number of benzene rings is 1. The van der Waals surface area contributed by atoms with Crippen LogP contribution in [0.3, 0.4) is 0 Å². The number of nitrogens with zero attached hydrogens (tertiary/aromatic N) is 2. The van der Waals surface area contributed by atoms with Crippen molar-refractivity contribution in [2.45, 2.75) is 32.7 Å². The quantitative estimate of drug-likeness (QED) is 0.684. The number of anilines is 1. The van der Waals surface area contributed by atoms with Gasteiger partial charge in [-0.2, -0.15) is 5.10 Å². The highest BCUT2D eigenvalue weighted by Crippen LogP contribution is 2.24. The smallest absolute Gasteiger partial charge is 0.112 e. The van der Waals surface area contributed by atoms with Gasteiger partial charge < -0.3 is 10.3 Å². The number of aromatic nitrogens is 4. The van der Waals surface area contributed by atoms with Gasteiger partial charge in [0.05, 0.1) is 23.3 Å². The Balaban J connectivity index is 1.83. The summed E-state index contributed by atoms with van der Waals surface area (Å²) in [5, 5.41) is 10.2. The molecule has 2 aromatic heterocycles. The summed E-state index contributed by atoms with van der Waals surface area (Å²) < 4.78 is 0. The average Bonchev–Trinajstić information content (AvgIpc) is 3.04. The number of imidazole rings is 1. The summed E-state index contributed by atoms with van der Waals surface area (Å²) in [6, 6.07) is 8.13. The Morgan fingerprint density at radius 2 is 2.05 bits per heavy atom. The first kappa shape index (κ1) is 12.7. The highest BCUT2D eigenvalue weighted by molar-refractivity contribution is 5.79. The molecule has 3 aromatic rings. The molecule has 0 aliphatic rings. The first-order valence-corrected chi connectivity index (χ1v) is 6.75. The van der Waals surface area contributed by atoms with E-state index in [0.717, 1.165) is 34.8 Å². The molecule has 0 aliphatic carbocycles. The monoisotopic (exact) mass is 269 g/mol. The maximum atomic E-state index is 4.64. The zero-order valence-electron chi connectivity index (χ0n) is 12.0. The van der Waals surface area contributed by atoms with Crippen molar-refractivity contribution in [3.63, 3.8) is 0 Å². The highest BCUT2D eigenvalue weighted by atomic mass is 15.1. The summed E-state index contributed by atoms with van der Waals surface area (Å²) >= 11 is 0. The summed E-state index contributed by atoms with van der Waals surface area (Å²) in [5.74, 6) is 1.01. The van der Waals surface area contributed by atoms with Crippen LogP contribution in [-0.2, 0) is 12.0 Å². The van der Waals surface area contributed by atoms with Crippen LogP contribution in [0.25, 0.3) is 11.0 Å². The molecule has 104 valence electrons. The van der Waals surface area contributed by atoms with Crippen LogP contribution in [0.2, 0.25) is 0 Å². The van der Waals surface area contributed by atoms with Crippen LogP contribution in [0.1, 0.15) is 32.3 Å². The number of nitrogens with one attached hydrogen (secondary N) is 3. The van der Waals surface area contributed by atoms with Crippen molar-refractivity contribution in [2.75, 3.05) is 5.32 Å². The van der Waals surface area contributed by atoms with Crippen LogP contribution in [-0.4, -0.2) is 20.2 Å². The lowest BCUT2D eigenvalue weighted by Crippen LogP contribution is -2.12. The molecule has 5 nitrogen and oxygen atoms in total. The molecule has 20 heavy (non-hydrogen) atoms. The third-order valence-electron chi connectivity index (χ3n) is 3.23. The fourth-order valence-electron chi connectivity index (χ4n) is 2.06. The second-order valence-corrected chi connectivity index (χ2v) is 6.00. The predicted octanol–water partition coefficient (Wildman–Crippen LogP) is 3.20. The molecule has 1 aromatic carbocycles. The van der Waals surface area contributed by atoms with Crippen molar-refractivity contribution in [3.05, 3.63) is 42.0 Å². The number of rotatable bonds is 3. The number of hydrogen-bond donors (Lipinski definition) is 3. The molecule has 5 heteroatoms. The average molecular weight is 269 g/mol. The predicted molar refractivity (Wildman–Crippen MR) is 80.7 cm³/mol. The second-order valence-electron chi connectivity index (χ2n) is 6.00. The van der Waals surface area contributed by atoms with Gasteiger partial charge in [-0.05, 0) is 24.3 Å². The first-order chi connectivity index (χ1) is 9.52. The fourth-order valence-corrected chi connectivity index (χ4v) is 2.06. The van der Waals surface area contributed by atoms with Gasteiger partial charge in [0.2, 0.25) is 0 Å². The van der Waals surface area contributed by atoms with E-state index in [2.05, 4.69) is 52.3 Å². The molecular weight excluding hydrogens is 250 g/mol. The van der Waals surface area contributed by atoms with Crippen molar-refractivity contribution in [1.82, 2.24) is 20.2 Å². The third kappa shape index (κ3) is 2.52. The van der Waals surface area contributed by atoms with Crippen molar-refractivity contribution in [1.29, 1.82) is 0 Å². The lowest BCUT2D eigenvalue weighted by molar-refractivity contribution is 0.554.